The number of amidine groups is 1. The smallest absolute Gasteiger partial charge is 0.416 e. The van der Waals surface area contributed by atoms with Gasteiger partial charge in [0.15, 0.2) is 16.7 Å². The zero-order chi connectivity index (χ0) is 29.6. The number of nitrogens with zero attached hydrogens (tertiary/aromatic N) is 2. The van der Waals surface area contributed by atoms with Crippen LogP contribution in [0.15, 0.2) is 71.7 Å². The van der Waals surface area contributed by atoms with Crippen LogP contribution in [0.3, 0.4) is 0 Å². The van der Waals surface area contributed by atoms with Crippen molar-refractivity contribution in [3.8, 4) is 17.2 Å². The molecule has 0 aromatic heterocycles. The molecule has 0 aliphatic carbocycles. The van der Waals surface area contributed by atoms with Gasteiger partial charge in [0.05, 0.1) is 32.6 Å². The largest absolute Gasteiger partial charge is 0.497 e. The lowest BCUT2D eigenvalue weighted by molar-refractivity contribution is -0.137. The Bertz CT molecular complexity index is 1430. The molecule has 1 N–H and O–H groups in total. The van der Waals surface area contributed by atoms with E-state index < -0.39 is 22.9 Å². The quantitative estimate of drug-likeness (QED) is 0.334. The summed E-state index contributed by atoms with van der Waals surface area (Å²) in [7, 11) is 4.57. The molecular weight excluding hydrogens is 559 g/mol. The third kappa shape index (κ3) is 7.51. The summed E-state index contributed by atoms with van der Waals surface area (Å²) in [5.74, 6) is 0.899. The van der Waals surface area contributed by atoms with Crippen molar-refractivity contribution >= 4 is 40.1 Å². The van der Waals surface area contributed by atoms with Crippen molar-refractivity contribution in [3.63, 3.8) is 0 Å². The first-order valence-corrected chi connectivity index (χ1v) is 13.4. The van der Waals surface area contributed by atoms with Crippen LogP contribution in [0.2, 0.25) is 0 Å². The number of anilines is 1. The fourth-order valence-corrected chi connectivity index (χ4v) is 5.22. The number of amides is 2. The fourth-order valence-electron chi connectivity index (χ4n) is 4.10. The normalized spacial score (nSPS) is 16.4. The number of halogens is 3. The van der Waals surface area contributed by atoms with Gasteiger partial charge in [-0.3, -0.25) is 14.5 Å². The minimum absolute atomic E-state index is 0.0162. The van der Waals surface area contributed by atoms with Crippen molar-refractivity contribution in [1.82, 2.24) is 4.90 Å². The molecular formula is C29H28F3N3O5S. The molecule has 3 aromatic rings. The van der Waals surface area contributed by atoms with Crippen LogP contribution in [0.5, 0.6) is 17.2 Å². The summed E-state index contributed by atoms with van der Waals surface area (Å²) in [6, 6.07) is 16.6. The summed E-state index contributed by atoms with van der Waals surface area (Å²) < 4.78 is 55.8. The van der Waals surface area contributed by atoms with Gasteiger partial charge in [-0.1, -0.05) is 23.9 Å². The predicted molar refractivity (Wildman–Crippen MR) is 151 cm³/mol. The maximum absolute atomic E-state index is 13.3. The molecule has 1 heterocycles. The second kappa shape index (κ2) is 13.0. The average molecular weight is 588 g/mol. The van der Waals surface area contributed by atoms with Crippen molar-refractivity contribution in [1.29, 1.82) is 0 Å². The van der Waals surface area contributed by atoms with Gasteiger partial charge in [0, 0.05) is 18.7 Å². The van der Waals surface area contributed by atoms with E-state index in [1.165, 1.54) is 38.4 Å². The monoisotopic (exact) mass is 587 g/mol. The second-order valence-corrected chi connectivity index (χ2v) is 10.1. The SMILES string of the molecule is COc1ccc(NC(=O)C2CC(=O)N(CCc3ccc(OC)c(OC)c3)C(=Nc3cccc(C(F)(F)F)c3)S2)cc1. The number of hydrogen-bond donors (Lipinski definition) is 1. The zero-order valence-corrected chi connectivity index (χ0v) is 23.3. The van der Waals surface area contributed by atoms with E-state index in [1.54, 1.807) is 36.4 Å². The van der Waals surface area contributed by atoms with Gasteiger partial charge >= 0.3 is 6.18 Å². The van der Waals surface area contributed by atoms with E-state index in [4.69, 9.17) is 14.2 Å². The molecule has 2 amide bonds. The lowest BCUT2D eigenvalue weighted by Crippen LogP contribution is -2.46. The number of rotatable bonds is 9. The number of aliphatic imine (C=N–C) groups is 1. The van der Waals surface area contributed by atoms with E-state index in [0.29, 0.717) is 29.4 Å². The standard InChI is InChI=1S/C29H28F3N3O5S/c1-38-22-10-8-20(9-11-22)33-27(37)25-17-26(36)35(14-13-18-7-12-23(39-2)24(15-18)40-3)28(41-25)34-21-6-4-5-19(16-21)29(30,31)32/h4-12,15-16,25H,13-14,17H2,1-3H3,(H,33,37). The van der Waals surface area contributed by atoms with Gasteiger partial charge in [0.1, 0.15) is 11.0 Å². The van der Waals surface area contributed by atoms with Crippen molar-refractivity contribution in [2.45, 2.75) is 24.3 Å². The molecule has 216 valence electrons. The first kappa shape index (κ1) is 29.8. The fraction of sp³-hybridized carbons (Fsp3) is 0.276. The number of nitrogens with one attached hydrogen (secondary N) is 1. The Morgan fingerprint density at radius 3 is 2.39 bits per heavy atom. The summed E-state index contributed by atoms with van der Waals surface area (Å²) in [5, 5.41) is 2.07. The van der Waals surface area contributed by atoms with E-state index in [2.05, 4.69) is 10.3 Å². The average Bonchev–Trinajstić information content (AvgIpc) is 2.96. The molecule has 0 bridgehead atoms. The predicted octanol–water partition coefficient (Wildman–Crippen LogP) is 5.93. The highest BCUT2D eigenvalue weighted by Crippen LogP contribution is 2.34. The number of thioether (sulfide) groups is 1. The number of methoxy groups -OCH3 is 3. The molecule has 3 aromatic carbocycles. The molecule has 1 aliphatic rings. The van der Waals surface area contributed by atoms with Crippen LogP contribution in [-0.4, -0.2) is 55.0 Å². The number of carbonyl (C=O) groups excluding carboxylic acids is 2. The Hall–Kier alpha value is -4.19. The molecule has 0 spiro atoms. The zero-order valence-electron chi connectivity index (χ0n) is 22.5. The maximum atomic E-state index is 13.3. The molecule has 1 atom stereocenters. The van der Waals surface area contributed by atoms with Crippen molar-refractivity contribution in [3.05, 3.63) is 77.9 Å². The Morgan fingerprint density at radius 1 is 1.00 bits per heavy atom. The Balaban J connectivity index is 1.59. The third-order valence-corrected chi connectivity index (χ3v) is 7.45. The molecule has 1 fully saturated rings. The summed E-state index contributed by atoms with van der Waals surface area (Å²) in [6.45, 7) is 0.186. The lowest BCUT2D eigenvalue weighted by atomic mass is 10.1. The Kier molecular flexibility index (Phi) is 9.43. The van der Waals surface area contributed by atoms with E-state index in [9.17, 15) is 22.8 Å². The molecule has 1 aliphatic heterocycles. The molecule has 4 rings (SSSR count). The molecule has 0 saturated carbocycles. The van der Waals surface area contributed by atoms with Gasteiger partial charge < -0.3 is 19.5 Å². The van der Waals surface area contributed by atoms with E-state index in [1.807, 2.05) is 6.07 Å². The topological polar surface area (TPSA) is 89.5 Å². The minimum atomic E-state index is -4.56. The van der Waals surface area contributed by atoms with Gasteiger partial charge in [-0.25, -0.2) is 4.99 Å². The van der Waals surface area contributed by atoms with Crippen molar-refractivity contribution in [2.24, 2.45) is 4.99 Å². The van der Waals surface area contributed by atoms with E-state index in [-0.39, 0.29) is 29.7 Å². The highest BCUT2D eigenvalue weighted by atomic mass is 32.2. The van der Waals surface area contributed by atoms with Gasteiger partial charge in [-0.15, -0.1) is 0 Å². The highest BCUT2D eigenvalue weighted by molar-refractivity contribution is 8.15. The van der Waals surface area contributed by atoms with Crippen molar-refractivity contribution < 1.29 is 37.0 Å². The number of alkyl halides is 3. The number of carbonyl (C=O) groups is 2. The first-order valence-electron chi connectivity index (χ1n) is 12.5. The summed E-state index contributed by atoms with van der Waals surface area (Å²) in [4.78, 5) is 32.2. The van der Waals surface area contributed by atoms with Gasteiger partial charge in [-0.2, -0.15) is 13.2 Å². The Morgan fingerprint density at radius 2 is 1.73 bits per heavy atom. The second-order valence-electron chi connectivity index (χ2n) is 8.96. The van der Waals surface area contributed by atoms with Gasteiger partial charge in [0.2, 0.25) is 11.8 Å². The lowest BCUT2D eigenvalue weighted by Gasteiger charge is -2.32. The van der Waals surface area contributed by atoms with Crippen LogP contribution in [0.25, 0.3) is 0 Å². The van der Waals surface area contributed by atoms with E-state index in [0.717, 1.165) is 29.5 Å². The molecule has 8 nitrogen and oxygen atoms in total. The third-order valence-electron chi connectivity index (χ3n) is 6.26. The van der Waals surface area contributed by atoms with E-state index >= 15 is 0 Å². The van der Waals surface area contributed by atoms with Crippen LogP contribution in [0.4, 0.5) is 24.5 Å². The molecule has 0 radical (unpaired) electrons. The summed E-state index contributed by atoms with van der Waals surface area (Å²) in [6.07, 6.45) is -4.27. The minimum Gasteiger partial charge on any atom is -0.497 e. The van der Waals surface area contributed by atoms with Crippen LogP contribution in [-0.2, 0) is 22.2 Å². The summed E-state index contributed by atoms with van der Waals surface area (Å²) >= 11 is 1.03. The maximum Gasteiger partial charge on any atom is 0.416 e. The van der Waals surface area contributed by atoms with Crippen LogP contribution >= 0.6 is 11.8 Å². The van der Waals surface area contributed by atoms with Gasteiger partial charge in [0.25, 0.3) is 0 Å². The Labute approximate surface area is 239 Å². The van der Waals surface area contributed by atoms with Crippen LogP contribution < -0.4 is 19.5 Å². The van der Waals surface area contributed by atoms with Crippen molar-refractivity contribution in [2.75, 3.05) is 33.2 Å². The number of benzene rings is 3. The van der Waals surface area contributed by atoms with Crippen LogP contribution in [0, 0.1) is 0 Å². The molecule has 1 unspecified atom stereocenters. The number of ether oxygens (including phenoxy) is 3. The molecule has 1 saturated heterocycles. The highest BCUT2D eigenvalue weighted by Gasteiger charge is 2.36. The molecule has 12 heteroatoms. The molecule has 41 heavy (non-hydrogen) atoms. The first-order chi connectivity index (χ1) is 19.6. The summed E-state index contributed by atoms with van der Waals surface area (Å²) in [5.41, 5.74) is 0.508. The van der Waals surface area contributed by atoms with Crippen LogP contribution in [0.1, 0.15) is 17.5 Å². The van der Waals surface area contributed by atoms with Gasteiger partial charge in [-0.05, 0) is 66.6 Å². The number of hydrogen-bond acceptors (Lipinski definition) is 7.